The fourth-order valence-corrected chi connectivity index (χ4v) is 0. The van der Waals surface area contributed by atoms with E-state index in [-0.39, 0.29) is 74.9 Å². The second kappa shape index (κ2) is 19.8. The third kappa shape index (κ3) is 8.98. The van der Waals surface area contributed by atoms with Crippen molar-refractivity contribution >= 4 is 61.3 Å². The van der Waals surface area contributed by atoms with Gasteiger partial charge in [-0.2, -0.15) is 9.90 Å². The standard InChI is InChI=1S/CH4.K.H3N.H3P/h1H4;;2*1H3. The molecule has 0 aromatic rings. The first-order chi connectivity index (χ1) is 0. The van der Waals surface area contributed by atoms with Gasteiger partial charge in [0, 0.05) is 51.4 Å². The minimum absolute atomic E-state index is 0. The Balaban J connectivity index is 0. The molecule has 0 saturated heterocycles. The van der Waals surface area contributed by atoms with Crippen molar-refractivity contribution in [1.82, 2.24) is 6.15 Å². The van der Waals surface area contributed by atoms with E-state index >= 15 is 0 Å². The zero-order valence-electron chi connectivity index (χ0n) is 2.41. The van der Waals surface area contributed by atoms with Crippen LogP contribution in [0.4, 0.5) is 0 Å². The zero-order chi connectivity index (χ0) is 0. The first-order valence-corrected chi connectivity index (χ1v) is 0. The summed E-state index contributed by atoms with van der Waals surface area (Å²) in [6.45, 7) is 0. The Morgan fingerprint density at radius 3 is 1.00 bits per heavy atom. The molecular formula is CH10KNP. The van der Waals surface area contributed by atoms with Crippen molar-refractivity contribution in [3.05, 3.63) is 0 Å². The Morgan fingerprint density at radius 2 is 1.00 bits per heavy atom. The molecule has 25 valence electrons. The first kappa shape index (κ1) is 37.1. The molecule has 4 heavy (non-hydrogen) atoms. The maximum atomic E-state index is 0. The van der Waals surface area contributed by atoms with E-state index in [2.05, 4.69) is 0 Å². The Kier molecular flexibility index (Phi) is 184. The molecule has 1 nitrogen and oxygen atoms in total. The summed E-state index contributed by atoms with van der Waals surface area (Å²) in [5, 5.41) is 0. The van der Waals surface area contributed by atoms with Crippen LogP contribution in [0.3, 0.4) is 0 Å². The maximum Gasteiger partial charge on any atom is 0 e. The summed E-state index contributed by atoms with van der Waals surface area (Å²) in [4.78, 5) is 0. The van der Waals surface area contributed by atoms with Crippen molar-refractivity contribution in [2.45, 2.75) is 7.43 Å². The summed E-state index contributed by atoms with van der Waals surface area (Å²) < 4.78 is 0. The van der Waals surface area contributed by atoms with Crippen LogP contribution in [0.1, 0.15) is 7.43 Å². The van der Waals surface area contributed by atoms with Gasteiger partial charge in [-0.1, -0.05) is 7.43 Å². The smallest absolute Gasteiger partial charge is 0 e. The Morgan fingerprint density at radius 1 is 1.00 bits per heavy atom. The van der Waals surface area contributed by atoms with Gasteiger partial charge in [-0.05, 0) is 0 Å². The fourth-order valence-electron chi connectivity index (χ4n) is 0. The van der Waals surface area contributed by atoms with E-state index in [1.165, 1.54) is 0 Å². The van der Waals surface area contributed by atoms with Crippen molar-refractivity contribution in [2.24, 2.45) is 0 Å². The van der Waals surface area contributed by atoms with Crippen LogP contribution in [0.25, 0.3) is 0 Å². The summed E-state index contributed by atoms with van der Waals surface area (Å²) >= 11 is 0. The SMILES string of the molecule is C.N.P.[K]. The van der Waals surface area contributed by atoms with Gasteiger partial charge in [0.05, 0.1) is 0 Å². The van der Waals surface area contributed by atoms with Gasteiger partial charge >= 0.3 is 0 Å². The quantitative estimate of drug-likeness (QED) is 0.353. The molecule has 0 aliphatic heterocycles. The van der Waals surface area contributed by atoms with Crippen molar-refractivity contribution in [1.29, 1.82) is 0 Å². The summed E-state index contributed by atoms with van der Waals surface area (Å²) in [6.07, 6.45) is 0. The van der Waals surface area contributed by atoms with Gasteiger partial charge in [0.25, 0.3) is 0 Å². The van der Waals surface area contributed by atoms with Gasteiger partial charge in [0.2, 0.25) is 0 Å². The van der Waals surface area contributed by atoms with E-state index in [1.807, 2.05) is 0 Å². The van der Waals surface area contributed by atoms with E-state index < -0.39 is 0 Å². The third-order valence-corrected chi connectivity index (χ3v) is 0. The van der Waals surface area contributed by atoms with Gasteiger partial charge in [-0.25, -0.2) is 0 Å². The summed E-state index contributed by atoms with van der Waals surface area (Å²) in [6, 6.07) is 0. The minimum Gasteiger partial charge on any atom is -0.344 e. The van der Waals surface area contributed by atoms with E-state index in [1.54, 1.807) is 0 Å². The van der Waals surface area contributed by atoms with Crippen LogP contribution < -0.4 is 6.15 Å². The molecule has 1 unspecified atom stereocenters. The Labute approximate surface area is 73.5 Å². The summed E-state index contributed by atoms with van der Waals surface area (Å²) in [7, 11) is 0. The topological polar surface area (TPSA) is 35.0 Å². The molecule has 0 saturated carbocycles. The van der Waals surface area contributed by atoms with Crippen LogP contribution in [0.5, 0.6) is 0 Å². The van der Waals surface area contributed by atoms with Gasteiger partial charge in [-0.15, -0.1) is 0 Å². The van der Waals surface area contributed by atoms with Crippen LogP contribution in [-0.4, -0.2) is 51.4 Å². The summed E-state index contributed by atoms with van der Waals surface area (Å²) in [5.74, 6) is 0. The molecule has 0 aliphatic rings. The Hall–Kier alpha value is 2.03. The maximum absolute atomic E-state index is 0. The number of hydrogen-bond donors (Lipinski definition) is 1. The molecule has 0 rings (SSSR count). The number of rotatable bonds is 0. The molecule has 1 radical (unpaired) electrons. The monoisotopic (exact) mass is 106 g/mol. The fraction of sp³-hybridized carbons (Fsp3) is 1.00. The normalized spacial score (nSPS) is 0. The van der Waals surface area contributed by atoms with E-state index in [4.69, 9.17) is 0 Å². The first-order valence-electron chi connectivity index (χ1n) is 0. The van der Waals surface area contributed by atoms with E-state index in [0.717, 1.165) is 0 Å². The van der Waals surface area contributed by atoms with Crippen molar-refractivity contribution in [3.63, 3.8) is 0 Å². The average molecular weight is 106 g/mol. The predicted molar refractivity (Wildman–Crippen MR) is 28.6 cm³/mol. The molecule has 0 fully saturated rings. The third-order valence-electron chi connectivity index (χ3n) is 0. The number of hydrogen-bond acceptors (Lipinski definition) is 1. The van der Waals surface area contributed by atoms with Gasteiger partial charge in [0.15, 0.2) is 0 Å². The van der Waals surface area contributed by atoms with Crippen molar-refractivity contribution < 1.29 is 0 Å². The molecule has 0 heterocycles. The largest absolute Gasteiger partial charge is 0.344 e. The average Bonchev–Trinajstić information content (AvgIpc) is 0. The molecular weight excluding hydrogens is 96.1 g/mol. The minimum atomic E-state index is 0. The van der Waals surface area contributed by atoms with E-state index in [9.17, 15) is 0 Å². The molecule has 0 aromatic heterocycles. The van der Waals surface area contributed by atoms with Gasteiger partial charge in [0.1, 0.15) is 0 Å². The molecule has 0 spiro atoms. The second-order valence-corrected chi connectivity index (χ2v) is 0. The van der Waals surface area contributed by atoms with Crippen LogP contribution in [0.2, 0.25) is 0 Å². The molecule has 0 amide bonds. The molecule has 0 aromatic carbocycles. The van der Waals surface area contributed by atoms with Crippen LogP contribution in [-0.2, 0) is 0 Å². The molecule has 0 aliphatic carbocycles. The zero-order valence-corrected chi connectivity index (χ0v) is 6.95. The van der Waals surface area contributed by atoms with Gasteiger partial charge < -0.3 is 6.15 Å². The van der Waals surface area contributed by atoms with Crippen LogP contribution in [0.15, 0.2) is 0 Å². The molecule has 0 bridgehead atoms. The van der Waals surface area contributed by atoms with Crippen molar-refractivity contribution in [3.8, 4) is 0 Å². The van der Waals surface area contributed by atoms with Crippen molar-refractivity contribution in [2.75, 3.05) is 0 Å². The molecule has 3 heteroatoms. The van der Waals surface area contributed by atoms with Gasteiger partial charge in [-0.3, -0.25) is 0 Å². The Bertz CT molecular complexity index is 8.00. The van der Waals surface area contributed by atoms with Crippen LogP contribution >= 0.6 is 9.90 Å². The van der Waals surface area contributed by atoms with E-state index in [0.29, 0.717) is 0 Å². The second-order valence-electron chi connectivity index (χ2n) is 0. The summed E-state index contributed by atoms with van der Waals surface area (Å²) in [5.41, 5.74) is 0. The predicted octanol–water partition coefficient (Wildman–Crippen LogP) is 0.475. The molecule has 3 N–H and O–H groups in total. The molecule has 1 atom stereocenters. The van der Waals surface area contributed by atoms with Crippen LogP contribution in [0, 0.1) is 0 Å².